The van der Waals surface area contributed by atoms with E-state index in [1.165, 1.54) is 0 Å². The first-order valence-electron chi connectivity index (χ1n) is 6.01. The molecule has 0 amide bonds. The fraction of sp³-hybridized carbons (Fsp3) is 0.214. The smallest absolute Gasteiger partial charge is 0.357 e. The maximum absolute atomic E-state index is 11.6. The third kappa shape index (κ3) is 3.07. The van der Waals surface area contributed by atoms with Gasteiger partial charge in [-0.3, -0.25) is 0 Å². The summed E-state index contributed by atoms with van der Waals surface area (Å²) in [7, 11) is 1.85. The Balaban J connectivity index is 2.26. The van der Waals surface area contributed by atoms with Crippen molar-refractivity contribution in [1.82, 2.24) is 9.97 Å². The first-order valence-corrected chi connectivity index (χ1v) is 6.01. The van der Waals surface area contributed by atoms with Gasteiger partial charge in [-0.05, 0) is 25.1 Å². The molecule has 5 heteroatoms. The molecule has 0 saturated heterocycles. The normalized spacial score (nSPS) is 10.0. The number of para-hydroxylation sites is 1. The monoisotopic (exact) mass is 257 g/mol. The van der Waals surface area contributed by atoms with E-state index >= 15 is 0 Å². The summed E-state index contributed by atoms with van der Waals surface area (Å²) in [4.78, 5) is 21.8. The molecule has 0 radical (unpaired) electrons. The predicted octanol–water partition coefficient (Wildman–Crippen LogP) is 2.42. The summed E-state index contributed by atoms with van der Waals surface area (Å²) in [6, 6.07) is 11.2. The number of nitrogens with zero attached hydrogens (tertiary/aromatic N) is 3. The van der Waals surface area contributed by atoms with Gasteiger partial charge in [0.2, 0.25) is 5.95 Å². The molecule has 0 aliphatic carbocycles. The highest BCUT2D eigenvalue weighted by atomic mass is 16.5. The van der Waals surface area contributed by atoms with Crippen LogP contribution in [0.5, 0.6) is 0 Å². The maximum Gasteiger partial charge on any atom is 0.357 e. The average molecular weight is 257 g/mol. The van der Waals surface area contributed by atoms with Crippen LogP contribution in [0.15, 0.2) is 42.6 Å². The first kappa shape index (κ1) is 13.0. The quantitative estimate of drug-likeness (QED) is 0.787. The van der Waals surface area contributed by atoms with Crippen molar-refractivity contribution in [2.75, 3.05) is 18.6 Å². The third-order valence-electron chi connectivity index (χ3n) is 2.57. The fourth-order valence-electron chi connectivity index (χ4n) is 1.60. The topological polar surface area (TPSA) is 55.3 Å². The summed E-state index contributed by atoms with van der Waals surface area (Å²) >= 11 is 0. The molecule has 0 fully saturated rings. The van der Waals surface area contributed by atoms with Gasteiger partial charge in [-0.25, -0.2) is 14.8 Å². The molecule has 0 bridgehead atoms. The molecule has 0 saturated carbocycles. The van der Waals surface area contributed by atoms with Crippen molar-refractivity contribution < 1.29 is 9.53 Å². The van der Waals surface area contributed by atoms with Gasteiger partial charge in [-0.2, -0.15) is 0 Å². The van der Waals surface area contributed by atoms with E-state index < -0.39 is 5.97 Å². The van der Waals surface area contributed by atoms with Crippen LogP contribution in [0.1, 0.15) is 17.4 Å². The number of esters is 1. The molecule has 0 unspecified atom stereocenters. The fourth-order valence-corrected chi connectivity index (χ4v) is 1.60. The molecule has 98 valence electrons. The van der Waals surface area contributed by atoms with Gasteiger partial charge in [0, 0.05) is 18.9 Å². The van der Waals surface area contributed by atoms with Gasteiger partial charge in [0.15, 0.2) is 5.69 Å². The zero-order valence-electron chi connectivity index (χ0n) is 10.9. The molecule has 0 N–H and O–H groups in total. The average Bonchev–Trinajstić information content (AvgIpc) is 2.48. The van der Waals surface area contributed by atoms with Crippen LogP contribution in [0, 0.1) is 0 Å². The summed E-state index contributed by atoms with van der Waals surface area (Å²) in [5.41, 5.74) is 1.21. The highest BCUT2D eigenvalue weighted by molar-refractivity contribution is 5.87. The van der Waals surface area contributed by atoms with E-state index in [1.54, 1.807) is 19.2 Å². The lowest BCUT2D eigenvalue weighted by Gasteiger charge is -2.17. The molecular formula is C14H15N3O2. The van der Waals surface area contributed by atoms with Gasteiger partial charge < -0.3 is 9.64 Å². The summed E-state index contributed by atoms with van der Waals surface area (Å²) in [6.07, 6.45) is 1.55. The van der Waals surface area contributed by atoms with E-state index in [0.29, 0.717) is 12.6 Å². The molecule has 0 atom stereocenters. The molecule has 2 aromatic rings. The minimum Gasteiger partial charge on any atom is -0.461 e. The van der Waals surface area contributed by atoms with E-state index in [2.05, 4.69) is 9.97 Å². The van der Waals surface area contributed by atoms with Gasteiger partial charge in [-0.15, -0.1) is 0 Å². The van der Waals surface area contributed by atoms with Crippen molar-refractivity contribution in [2.24, 2.45) is 0 Å². The van der Waals surface area contributed by atoms with Crippen LogP contribution < -0.4 is 4.90 Å². The van der Waals surface area contributed by atoms with Crippen LogP contribution in [0.4, 0.5) is 11.6 Å². The Labute approximate surface area is 111 Å². The van der Waals surface area contributed by atoms with Gasteiger partial charge >= 0.3 is 5.97 Å². The number of carbonyl (C=O) groups excluding carboxylic acids is 1. The second-order valence-corrected chi connectivity index (χ2v) is 3.86. The number of anilines is 2. The Morgan fingerprint density at radius 2 is 2.00 bits per heavy atom. The lowest BCUT2D eigenvalue weighted by Crippen LogP contribution is -2.15. The number of benzene rings is 1. The van der Waals surface area contributed by atoms with E-state index in [4.69, 9.17) is 4.74 Å². The third-order valence-corrected chi connectivity index (χ3v) is 2.57. The minimum atomic E-state index is -0.437. The van der Waals surface area contributed by atoms with E-state index in [9.17, 15) is 4.79 Å². The molecule has 0 aliphatic rings. The SMILES string of the molecule is CCOC(=O)c1ccnc(N(C)c2ccccc2)n1. The Bertz CT molecular complexity index is 558. The second kappa shape index (κ2) is 5.95. The highest BCUT2D eigenvalue weighted by Crippen LogP contribution is 2.19. The number of hydrogen-bond donors (Lipinski definition) is 0. The van der Waals surface area contributed by atoms with Crippen LogP contribution in [0.2, 0.25) is 0 Å². The van der Waals surface area contributed by atoms with Gasteiger partial charge in [0.25, 0.3) is 0 Å². The van der Waals surface area contributed by atoms with Gasteiger partial charge in [-0.1, -0.05) is 18.2 Å². The van der Waals surface area contributed by atoms with E-state index in [1.807, 2.05) is 42.3 Å². The van der Waals surface area contributed by atoms with Crippen molar-refractivity contribution in [3.05, 3.63) is 48.3 Å². The number of aromatic nitrogens is 2. The standard InChI is InChI=1S/C14H15N3O2/c1-3-19-13(18)12-9-10-15-14(16-12)17(2)11-7-5-4-6-8-11/h4-10H,3H2,1-2H3. The van der Waals surface area contributed by atoms with Crippen molar-refractivity contribution in [1.29, 1.82) is 0 Å². The number of ether oxygens (including phenoxy) is 1. The van der Waals surface area contributed by atoms with Crippen molar-refractivity contribution in [2.45, 2.75) is 6.92 Å². The second-order valence-electron chi connectivity index (χ2n) is 3.86. The van der Waals surface area contributed by atoms with Crippen LogP contribution >= 0.6 is 0 Å². The Hall–Kier alpha value is -2.43. The van der Waals surface area contributed by atoms with Crippen molar-refractivity contribution in [3.63, 3.8) is 0 Å². The Kier molecular flexibility index (Phi) is 4.07. The van der Waals surface area contributed by atoms with E-state index in [-0.39, 0.29) is 5.69 Å². The van der Waals surface area contributed by atoms with E-state index in [0.717, 1.165) is 5.69 Å². The highest BCUT2D eigenvalue weighted by Gasteiger charge is 2.12. The minimum absolute atomic E-state index is 0.259. The Morgan fingerprint density at radius 1 is 1.26 bits per heavy atom. The summed E-state index contributed by atoms with van der Waals surface area (Å²) < 4.78 is 4.92. The van der Waals surface area contributed by atoms with Crippen LogP contribution in [0.3, 0.4) is 0 Å². The van der Waals surface area contributed by atoms with Crippen LogP contribution in [-0.4, -0.2) is 29.6 Å². The first-order chi connectivity index (χ1) is 9.22. The maximum atomic E-state index is 11.6. The van der Waals surface area contributed by atoms with Crippen molar-refractivity contribution >= 4 is 17.6 Å². The number of carbonyl (C=O) groups is 1. The Morgan fingerprint density at radius 3 is 2.68 bits per heavy atom. The largest absolute Gasteiger partial charge is 0.461 e. The molecule has 5 nitrogen and oxygen atoms in total. The molecule has 1 aromatic carbocycles. The summed E-state index contributed by atoms with van der Waals surface area (Å²) in [6.45, 7) is 2.09. The molecule has 19 heavy (non-hydrogen) atoms. The summed E-state index contributed by atoms with van der Waals surface area (Å²) in [5.74, 6) is 0.0179. The number of hydrogen-bond acceptors (Lipinski definition) is 5. The molecule has 0 spiro atoms. The van der Waals surface area contributed by atoms with Crippen LogP contribution in [0.25, 0.3) is 0 Å². The molecule has 1 heterocycles. The predicted molar refractivity (Wildman–Crippen MR) is 72.5 cm³/mol. The van der Waals surface area contributed by atoms with Crippen molar-refractivity contribution in [3.8, 4) is 0 Å². The number of rotatable bonds is 4. The van der Waals surface area contributed by atoms with Gasteiger partial charge in [0.05, 0.1) is 6.61 Å². The molecule has 2 rings (SSSR count). The lowest BCUT2D eigenvalue weighted by molar-refractivity contribution is 0.0519. The van der Waals surface area contributed by atoms with Gasteiger partial charge in [0.1, 0.15) is 0 Å². The molecule has 1 aromatic heterocycles. The zero-order valence-corrected chi connectivity index (χ0v) is 10.9. The zero-order chi connectivity index (χ0) is 13.7. The lowest BCUT2D eigenvalue weighted by atomic mass is 10.3. The molecular weight excluding hydrogens is 242 g/mol. The van der Waals surface area contributed by atoms with Crippen LogP contribution in [-0.2, 0) is 4.74 Å². The molecule has 0 aliphatic heterocycles. The summed E-state index contributed by atoms with van der Waals surface area (Å²) in [5, 5.41) is 0.